The maximum absolute atomic E-state index is 13.1. The fourth-order valence-electron chi connectivity index (χ4n) is 4.09. The van der Waals surface area contributed by atoms with Gasteiger partial charge in [0.05, 0.1) is 37.5 Å². The number of aromatic nitrogens is 1. The molecular weight excluding hydrogens is 434 g/mol. The van der Waals surface area contributed by atoms with Gasteiger partial charge < -0.3 is 19.5 Å². The molecule has 1 atom stereocenters. The highest BCUT2D eigenvalue weighted by atomic mass is 35.5. The summed E-state index contributed by atoms with van der Waals surface area (Å²) in [6.45, 7) is 3.75. The third-order valence-electron chi connectivity index (χ3n) is 5.74. The minimum Gasteiger partial charge on any atom is -0.507 e. The number of nitrogens with zero attached hydrogens (tertiary/aromatic N) is 3. The highest BCUT2D eigenvalue weighted by molar-refractivity contribution is 6.46. The van der Waals surface area contributed by atoms with E-state index < -0.39 is 17.7 Å². The SMILES string of the molecule is COc1ccc(Cl)cc1C(O)=C1C(=O)C(=O)N(CCN2CCOCC2)C1c1ccncc1. The van der Waals surface area contributed by atoms with E-state index in [1.807, 2.05) is 0 Å². The molecule has 0 spiro atoms. The number of carbonyl (C=O) groups excluding carboxylic acids is 2. The first-order chi connectivity index (χ1) is 15.5. The number of Topliss-reactive ketones (excluding diaryl/α,β-unsaturated/α-hetero) is 1. The molecule has 2 aromatic rings. The van der Waals surface area contributed by atoms with Gasteiger partial charge in [0, 0.05) is 43.6 Å². The number of hydrogen-bond acceptors (Lipinski definition) is 7. The number of aliphatic hydroxyl groups is 1. The number of ether oxygens (including phenoxy) is 2. The number of hydrogen-bond donors (Lipinski definition) is 1. The zero-order valence-electron chi connectivity index (χ0n) is 17.7. The van der Waals surface area contributed by atoms with E-state index in [1.165, 1.54) is 18.1 Å². The van der Waals surface area contributed by atoms with Crippen LogP contribution in [0.4, 0.5) is 0 Å². The van der Waals surface area contributed by atoms with E-state index in [0.717, 1.165) is 13.1 Å². The first-order valence-corrected chi connectivity index (χ1v) is 10.7. The van der Waals surface area contributed by atoms with E-state index in [2.05, 4.69) is 9.88 Å². The van der Waals surface area contributed by atoms with E-state index >= 15 is 0 Å². The minimum atomic E-state index is -0.747. The van der Waals surface area contributed by atoms with Crippen molar-refractivity contribution in [2.24, 2.45) is 0 Å². The Bertz CT molecular complexity index is 1040. The number of benzene rings is 1. The normalized spacial score (nSPS) is 21.2. The van der Waals surface area contributed by atoms with Crippen LogP contribution in [0.1, 0.15) is 17.2 Å². The number of halogens is 1. The summed E-state index contributed by atoms with van der Waals surface area (Å²) in [7, 11) is 1.46. The second-order valence-electron chi connectivity index (χ2n) is 7.57. The van der Waals surface area contributed by atoms with Crippen LogP contribution in [0.25, 0.3) is 5.76 Å². The van der Waals surface area contributed by atoms with Crippen LogP contribution >= 0.6 is 11.6 Å². The predicted molar refractivity (Wildman–Crippen MR) is 119 cm³/mol. The molecule has 0 bridgehead atoms. The Morgan fingerprint density at radius 3 is 2.59 bits per heavy atom. The van der Waals surface area contributed by atoms with Crippen molar-refractivity contribution >= 4 is 29.1 Å². The van der Waals surface area contributed by atoms with Gasteiger partial charge in [-0.1, -0.05) is 11.6 Å². The van der Waals surface area contributed by atoms with Gasteiger partial charge in [0.1, 0.15) is 11.5 Å². The average molecular weight is 458 g/mol. The highest BCUT2D eigenvalue weighted by Crippen LogP contribution is 2.41. The second kappa shape index (κ2) is 9.68. The van der Waals surface area contributed by atoms with Crippen molar-refractivity contribution in [2.75, 3.05) is 46.5 Å². The van der Waals surface area contributed by atoms with Crippen molar-refractivity contribution < 1.29 is 24.2 Å². The molecule has 8 nitrogen and oxygen atoms in total. The standard InChI is InChI=1S/C23H24ClN3O5/c1-31-18-3-2-16(24)14-17(18)21(28)19-20(15-4-6-25-7-5-15)27(23(30)22(19)29)9-8-26-10-12-32-13-11-26/h2-7,14,20,28H,8-13H2,1H3. The predicted octanol–water partition coefficient (Wildman–Crippen LogP) is 2.50. The van der Waals surface area contributed by atoms with E-state index in [1.54, 1.807) is 36.7 Å². The Kier molecular flexibility index (Phi) is 6.74. The number of morpholine rings is 1. The number of pyridine rings is 1. The summed E-state index contributed by atoms with van der Waals surface area (Å²) in [4.78, 5) is 33.9. The van der Waals surface area contributed by atoms with E-state index in [9.17, 15) is 14.7 Å². The Balaban J connectivity index is 1.76. The van der Waals surface area contributed by atoms with Crippen LogP contribution < -0.4 is 4.74 Å². The fraction of sp³-hybridized carbons (Fsp3) is 0.348. The molecular formula is C23H24ClN3O5. The third kappa shape index (κ3) is 4.34. The summed E-state index contributed by atoms with van der Waals surface area (Å²) in [5.74, 6) is -1.37. The maximum atomic E-state index is 13.1. The lowest BCUT2D eigenvalue weighted by Gasteiger charge is -2.31. The second-order valence-corrected chi connectivity index (χ2v) is 8.01. The van der Waals surface area contributed by atoms with E-state index in [0.29, 0.717) is 42.6 Å². The molecule has 1 unspecified atom stereocenters. The van der Waals surface area contributed by atoms with Gasteiger partial charge in [-0.25, -0.2) is 0 Å². The molecule has 1 aromatic carbocycles. The zero-order chi connectivity index (χ0) is 22.7. The van der Waals surface area contributed by atoms with Gasteiger partial charge in [-0.2, -0.15) is 0 Å². The molecule has 0 saturated carbocycles. The molecule has 1 aromatic heterocycles. The van der Waals surface area contributed by atoms with Crippen molar-refractivity contribution in [3.8, 4) is 5.75 Å². The van der Waals surface area contributed by atoms with Gasteiger partial charge in [-0.05, 0) is 35.9 Å². The zero-order valence-corrected chi connectivity index (χ0v) is 18.4. The number of rotatable bonds is 6. The number of methoxy groups -OCH3 is 1. The van der Waals surface area contributed by atoms with Gasteiger partial charge in [0.25, 0.3) is 11.7 Å². The van der Waals surface area contributed by atoms with Gasteiger partial charge in [0.2, 0.25) is 0 Å². The summed E-state index contributed by atoms with van der Waals surface area (Å²) < 4.78 is 10.7. The first-order valence-electron chi connectivity index (χ1n) is 10.3. The van der Waals surface area contributed by atoms with Crippen LogP contribution in [-0.4, -0.2) is 78.1 Å². The van der Waals surface area contributed by atoms with Gasteiger partial charge in [-0.15, -0.1) is 0 Å². The molecule has 0 aliphatic carbocycles. The molecule has 4 rings (SSSR count). The summed E-state index contributed by atoms with van der Waals surface area (Å²) in [6, 6.07) is 7.47. The van der Waals surface area contributed by atoms with E-state index in [-0.39, 0.29) is 16.9 Å². The van der Waals surface area contributed by atoms with Crippen molar-refractivity contribution in [3.05, 3.63) is 64.4 Å². The molecule has 9 heteroatoms. The van der Waals surface area contributed by atoms with Crippen LogP contribution in [0, 0.1) is 0 Å². The number of ketones is 1. The minimum absolute atomic E-state index is 0.00347. The lowest BCUT2D eigenvalue weighted by atomic mass is 9.95. The topological polar surface area (TPSA) is 92.2 Å². The van der Waals surface area contributed by atoms with Crippen LogP contribution in [0.3, 0.4) is 0 Å². The smallest absolute Gasteiger partial charge is 0.295 e. The van der Waals surface area contributed by atoms with Gasteiger partial charge >= 0.3 is 0 Å². The average Bonchev–Trinajstić information content (AvgIpc) is 3.08. The molecule has 2 saturated heterocycles. The Morgan fingerprint density at radius 2 is 1.91 bits per heavy atom. The molecule has 168 valence electrons. The lowest BCUT2D eigenvalue weighted by Crippen LogP contribution is -2.42. The first kappa shape index (κ1) is 22.3. The Morgan fingerprint density at radius 1 is 1.19 bits per heavy atom. The van der Waals surface area contributed by atoms with Crippen molar-refractivity contribution in [2.45, 2.75) is 6.04 Å². The molecule has 2 fully saturated rings. The van der Waals surface area contributed by atoms with E-state index in [4.69, 9.17) is 21.1 Å². The van der Waals surface area contributed by atoms with Crippen LogP contribution in [0.5, 0.6) is 5.75 Å². The quantitative estimate of drug-likeness (QED) is 0.404. The molecule has 1 N–H and O–H groups in total. The number of likely N-dealkylation sites (tertiary alicyclic amines) is 1. The number of carbonyl (C=O) groups is 2. The fourth-order valence-corrected chi connectivity index (χ4v) is 4.26. The van der Waals surface area contributed by atoms with Gasteiger partial charge in [-0.3, -0.25) is 19.5 Å². The highest BCUT2D eigenvalue weighted by Gasteiger charge is 2.46. The summed E-state index contributed by atoms with van der Waals surface area (Å²) in [5.41, 5.74) is 0.942. The number of aliphatic hydroxyl groups excluding tert-OH is 1. The molecule has 2 aliphatic rings. The van der Waals surface area contributed by atoms with Crippen molar-refractivity contribution in [3.63, 3.8) is 0 Å². The summed E-state index contributed by atoms with van der Waals surface area (Å²) in [5, 5.41) is 11.6. The largest absolute Gasteiger partial charge is 0.507 e. The Labute approximate surface area is 191 Å². The van der Waals surface area contributed by atoms with Crippen LogP contribution in [0.15, 0.2) is 48.3 Å². The number of amides is 1. The third-order valence-corrected chi connectivity index (χ3v) is 5.97. The summed E-state index contributed by atoms with van der Waals surface area (Å²) >= 11 is 6.13. The molecule has 0 radical (unpaired) electrons. The maximum Gasteiger partial charge on any atom is 0.295 e. The van der Waals surface area contributed by atoms with Crippen molar-refractivity contribution in [1.82, 2.24) is 14.8 Å². The molecule has 32 heavy (non-hydrogen) atoms. The van der Waals surface area contributed by atoms with Gasteiger partial charge in [0.15, 0.2) is 0 Å². The molecule has 2 aliphatic heterocycles. The van der Waals surface area contributed by atoms with Crippen LogP contribution in [-0.2, 0) is 14.3 Å². The molecule has 3 heterocycles. The summed E-state index contributed by atoms with van der Waals surface area (Å²) in [6.07, 6.45) is 3.19. The Hall–Kier alpha value is -2.94. The lowest BCUT2D eigenvalue weighted by molar-refractivity contribution is -0.140. The van der Waals surface area contributed by atoms with Crippen LogP contribution in [0.2, 0.25) is 5.02 Å². The van der Waals surface area contributed by atoms with Crippen molar-refractivity contribution in [1.29, 1.82) is 0 Å². The monoisotopic (exact) mass is 457 g/mol. The molecule has 1 amide bonds.